The highest BCUT2D eigenvalue weighted by molar-refractivity contribution is 5.57. The fourth-order valence-electron chi connectivity index (χ4n) is 3.01. The van der Waals surface area contributed by atoms with Crippen LogP contribution in [0.1, 0.15) is 32.2 Å². The highest BCUT2D eigenvalue weighted by atomic mass is 19.3. The van der Waals surface area contributed by atoms with Gasteiger partial charge < -0.3 is 14.0 Å². The third-order valence-corrected chi connectivity index (χ3v) is 4.60. The maximum absolute atomic E-state index is 13.0. The van der Waals surface area contributed by atoms with Gasteiger partial charge in [-0.1, -0.05) is 25.1 Å². The van der Waals surface area contributed by atoms with Gasteiger partial charge in [0.1, 0.15) is 11.6 Å². The minimum Gasteiger partial charge on any atom is -0.477 e. The highest BCUT2D eigenvalue weighted by Crippen LogP contribution is 2.26. The second-order valence-electron chi connectivity index (χ2n) is 8.22. The lowest BCUT2D eigenvalue weighted by Crippen LogP contribution is -2.18. The summed E-state index contributed by atoms with van der Waals surface area (Å²) in [6, 6.07) is 9.71. The molecule has 3 aromatic heterocycles. The van der Waals surface area contributed by atoms with Crippen molar-refractivity contribution < 1.29 is 22.8 Å². The molecular formula is C23H24F2N6O3. The Balaban J connectivity index is 1.44. The van der Waals surface area contributed by atoms with E-state index in [4.69, 9.17) is 9.26 Å². The average molecular weight is 470 g/mol. The number of nitrogens with zero attached hydrogens (tertiary/aromatic N) is 6. The molecule has 0 bridgehead atoms. The quantitative estimate of drug-likeness (QED) is 0.351. The molecule has 3 heterocycles. The largest absolute Gasteiger partial charge is 0.477 e. The first-order valence-electron chi connectivity index (χ1n) is 10.7. The van der Waals surface area contributed by atoms with Gasteiger partial charge in [-0.3, -0.25) is 4.68 Å². The molecule has 0 N–H and O–H groups in total. The summed E-state index contributed by atoms with van der Waals surface area (Å²) in [4.78, 5) is 13.2. The lowest BCUT2D eigenvalue weighted by Gasteiger charge is -2.12. The minimum absolute atomic E-state index is 0.0324. The first kappa shape index (κ1) is 23.3. The van der Waals surface area contributed by atoms with E-state index in [1.807, 2.05) is 12.1 Å². The number of benzene rings is 1. The van der Waals surface area contributed by atoms with Crippen molar-refractivity contribution >= 4 is 0 Å². The molecule has 0 aliphatic heterocycles. The maximum Gasteiger partial charge on any atom is 0.394 e. The topological polar surface area (TPSA) is 101 Å². The van der Waals surface area contributed by atoms with Gasteiger partial charge in [0.15, 0.2) is 0 Å². The molecule has 0 spiro atoms. The summed E-state index contributed by atoms with van der Waals surface area (Å²) in [5, 5.41) is 8.31. The van der Waals surface area contributed by atoms with Crippen LogP contribution in [-0.4, -0.2) is 42.6 Å². The Kier molecular flexibility index (Phi) is 6.53. The van der Waals surface area contributed by atoms with Gasteiger partial charge in [-0.25, -0.2) is 9.97 Å². The summed E-state index contributed by atoms with van der Waals surface area (Å²) in [7, 11) is 1.78. The summed E-state index contributed by atoms with van der Waals surface area (Å²) in [5.41, 5.74) is 1.52. The van der Waals surface area contributed by atoms with E-state index in [0.717, 1.165) is 5.56 Å². The van der Waals surface area contributed by atoms with Crippen molar-refractivity contribution in [1.29, 1.82) is 0 Å². The van der Waals surface area contributed by atoms with Gasteiger partial charge in [0, 0.05) is 38.2 Å². The van der Waals surface area contributed by atoms with Crippen molar-refractivity contribution in [2.24, 2.45) is 13.0 Å². The van der Waals surface area contributed by atoms with Crippen molar-refractivity contribution in [2.45, 2.75) is 33.3 Å². The van der Waals surface area contributed by atoms with Gasteiger partial charge >= 0.3 is 6.11 Å². The third kappa shape index (κ3) is 5.91. The summed E-state index contributed by atoms with van der Waals surface area (Å²) in [6.45, 7) is 5.44. The molecule has 1 aromatic carbocycles. The predicted octanol–water partition coefficient (Wildman–Crippen LogP) is 4.54. The molecule has 11 heteroatoms. The molecule has 0 fully saturated rings. The molecule has 0 unspecified atom stereocenters. The van der Waals surface area contributed by atoms with Crippen molar-refractivity contribution in [3.63, 3.8) is 0 Å². The number of hydrogen-bond acceptors (Lipinski definition) is 8. The normalized spacial score (nSPS) is 11.7. The molecule has 0 atom stereocenters. The van der Waals surface area contributed by atoms with Crippen LogP contribution in [0.2, 0.25) is 0 Å². The lowest BCUT2D eigenvalue weighted by atomic mass is 10.2. The Morgan fingerprint density at radius 1 is 1.06 bits per heavy atom. The van der Waals surface area contributed by atoms with E-state index in [1.165, 1.54) is 12.1 Å². The molecule has 0 saturated carbocycles. The molecule has 9 nitrogen and oxygen atoms in total. The van der Waals surface area contributed by atoms with Crippen LogP contribution in [0.4, 0.5) is 8.78 Å². The van der Waals surface area contributed by atoms with Crippen LogP contribution in [0, 0.1) is 5.92 Å². The number of halogens is 2. The van der Waals surface area contributed by atoms with Gasteiger partial charge in [0.2, 0.25) is 17.5 Å². The Morgan fingerprint density at radius 3 is 2.47 bits per heavy atom. The average Bonchev–Trinajstić information content (AvgIpc) is 3.40. The molecule has 4 rings (SSSR count). The summed E-state index contributed by atoms with van der Waals surface area (Å²) >= 11 is 0. The van der Waals surface area contributed by atoms with Gasteiger partial charge in [-0.05, 0) is 35.7 Å². The Bertz CT molecular complexity index is 1230. The zero-order valence-electron chi connectivity index (χ0n) is 19.2. The van der Waals surface area contributed by atoms with E-state index in [9.17, 15) is 8.78 Å². The minimum atomic E-state index is -3.26. The SMILES string of the molecule is CC(C)COc1ccc(Cc2nc(-c3nc(-c4ccc(OC(C)(F)F)cc4)no3)nn2C)cn1. The zero-order valence-corrected chi connectivity index (χ0v) is 19.2. The van der Waals surface area contributed by atoms with E-state index in [0.29, 0.717) is 43.1 Å². The lowest BCUT2D eigenvalue weighted by molar-refractivity contribution is -0.158. The first-order valence-corrected chi connectivity index (χ1v) is 10.7. The standard InChI is InChI=1S/C23H24F2N6O3/c1-14(2)13-32-19-10-5-15(12-26-19)11-18-27-21(29-31(18)4)22-28-20(30-34-22)16-6-8-17(9-7-16)33-23(3,24)25/h5-10,12,14H,11,13H2,1-4H3. The number of aryl methyl sites for hydroxylation is 1. The maximum atomic E-state index is 13.0. The van der Waals surface area contributed by atoms with Crippen LogP contribution in [0.5, 0.6) is 11.6 Å². The number of aromatic nitrogens is 6. The second kappa shape index (κ2) is 9.54. The molecule has 34 heavy (non-hydrogen) atoms. The van der Waals surface area contributed by atoms with Gasteiger partial charge in [0.05, 0.1) is 6.61 Å². The van der Waals surface area contributed by atoms with Crippen LogP contribution in [0.15, 0.2) is 47.1 Å². The molecule has 4 aromatic rings. The van der Waals surface area contributed by atoms with E-state index in [1.54, 1.807) is 30.1 Å². The van der Waals surface area contributed by atoms with E-state index < -0.39 is 6.11 Å². The smallest absolute Gasteiger partial charge is 0.394 e. The number of alkyl halides is 2. The molecule has 0 saturated heterocycles. The first-order chi connectivity index (χ1) is 16.2. The predicted molar refractivity (Wildman–Crippen MR) is 118 cm³/mol. The monoisotopic (exact) mass is 470 g/mol. The van der Waals surface area contributed by atoms with E-state index in [2.05, 4.69) is 43.8 Å². The van der Waals surface area contributed by atoms with Gasteiger partial charge in [0.25, 0.3) is 5.89 Å². The van der Waals surface area contributed by atoms with Crippen LogP contribution in [0.25, 0.3) is 23.1 Å². The molecule has 0 amide bonds. The number of pyridine rings is 1. The Labute approximate surface area is 194 Å². The third-order valence-electron chi connectivity index (χ3n) is 4.60. The van der Waals surface area contributed by atoms with E-state index in [-0.39, 0.29) is 23.3 Å². The second-order valence-corrected chi connectivity index (χ2v) is 8.22. The molecule has 0 aliphatic carbocycles. The van der Waals surface area contributed by atoms with Crippen LogP contribution < -0.4 is 9.47 Å². The van der Waals surface area contributed by atoms with Crippen molar-refractivity contribution in [3.05, 3.63) is 54.0 Å². The molecule has 0 aliphatic rings. The molecule has 178 valence electrons. The summed E-state index contributed by atoms with van der Waals surface area (Å²) in [6.07, 6.45) is -1.01. The van der Waals surface area contributed by atoms with Crippen LogP contribution in [-0.2, 0) is 13.5 Å². The van der Waals surface area contributed by atoms with Gasteiger partial charge in [-0.2, -0.15) is 13.8 Å². The van der Waals surface area contributed by atoms with Gasteiger partial charge in [-0.15, -0.1) is 5.10 Å². The summed E-state index contributed by atoms with van der Waals surface area (Å²) < 4.78 is 43.1. The number of hydrogen-bond donors (Lipinski definition) is 0. The van der Waals surface area contributed by atoms with E-state index >= 15 is 0 Å². The molecule has 0 radical (unpaired) electrons. The summed E-state index contributed by atoms with van der Waals surface area (Å²) in [5.74, 6) is 2.43. The Hall–Kier alpha value is -3.89. The number of rotatable bonds is 9. The van der Waals surface area contributed by atoms with Crippen LogP contribution >= 0.6 is 0 Å². The van der Waals surface area contributed by atoms with Crippen LogP contribution in [0.3, 0.4) is 0 Å². The Morgan fingerprint density at radius 2 is 1.82 bits per heavy atom. The highest BCUT2D eigenvalue weighted by Gasteiger charge is 2.23. The fourth-order valence-corrected chi connectivity index (χ4v) is 3.01. The van der Waals surface area contributed by atoms with Crippen molar-refractivity contribution in [2.75, 3.05) is 6.61 Å². The molecular weight excluding hydrogens is 446 g/mol. The zero-order chi connectivity index (χ0) is 24.3. The van der Waals surface area contributed by atoms with Crippen molar-refractivity contribution in [3.8, 4) is 34.7 Å². The fraction of sp³-hybridized carbons (Fsp3) is 0.348. The van der Waals surface area contributed by atoms with Crippen molar-refractivity contribution in [1.82, 2.24) is 29.9 Å². The number of ether oxygens (including phenoxy) is 2.